The number of carbonyl (C=O) groups excluding carboxylic acids is 1. The highest BCUT2D eigenvalue weighted by Gasteiger charge is 2.40. The van der Waals surface area contributed by atoms with E-state index in [2.05, 4.69) is 30.8 Å². The molecule has 6 heterocycles. The molecule has 10 nitrogen and oxygen atoms in total. The van der Waals surface area contributed by atoms with E-state index in [-0.39, 0.29) is 18.1 Å². The zero-order valence-corrected chi connectivity index (χ0v) is 22.0. The van der Waals surface area contributed by atoms with E-state index < -0.39 is 23.1 Å². The molecule has 0 saturated carbocycles. The number of nitrogens with zero attached hydrogens (tertiary/aromatic N) is 5. The highest BCUT2D eigenvalue weighted by molar-refractivity contribution is 6.01. The lowest BCUT2D eigenvalue weighted by Gasteiger charge is -2.42. The molecule has 0 spiro atoms. The fourth-order valence-corrected chi connectivity index (χ4v) is 5.85. The molecule has 12 heteroatoms. The first-order valence-electron chi connectivity index (χ1n) is 13.4. The quantitative estimate of drug-likeness (QED) is 0.292. The second-order valence-corrected chi connectivity index (χ2v) is 10.1. The smallest absolute Gasteiger partial charge is 0.257 e. The lowest BCUT2D eigenvalue weighted by molar-refractivity contribution is 0.0912. The second kappa shape index (κ2) is 9.88. The van der Waals surface area contributed by atoms with Crippen LogP contribution in [0, 0.1) is 11.6 Å². The van der Waals surface area contributed by atoms with E-state index in [1.165, 1.54) is 6.07 Å². The fourth-order valence-electron chi connectivity index (χ4n) is 5.85. The minimum absolute atomic E-state index is 0.105. The van der Waals surface area contributed by atoms with Gasteiger partial charge in [-0.3, -0.25) is 9.89 Å². The van der Waals surface area contributed by atoms with E-state index in [0.29, 0.717) is 31.0 Å². The van der Waals surface area contributed by atoms with Crippen molar-refractivity contribution in [3.63, 3.8) is 0 Å². The Balaban J connectivity index is 1.15. The molecule has 0 bridgehead atoms. The summed E-state index contributed by atoms with van der Waals surface area (Å²) in [6.07, 6.45) is 9.85. The molecule has 1 aromatic carbocycles. The van der Waals surface area contributed by atoms with E-state index >= 15 is 0 Å². The van der Waals surface area contributed by atoms with Crippen LogP contribution in [0.3, 0.4) is 0 Å². The molecule has 41 heavy (non-hydrogen) atoms. The maximum atomic E-state index is 14.2. The molecule has 2 aliphatic heterocycles. The van der Waals surface area contributed by atoms with Gasteiger partial charge in [0.15, 0.2) is 5.65 Å². The summed E-state index contributed by atoms with van der Waals surface area (Å²) < 4.78 is 36.0. The van der Waals surface area contributed by atoms with Crippen molar-refractivity contribution < 1.29 is 18.3 Å². The third kappa shape index (κ3) is 4.22. The Hall–Kier alpha value is -5.00. The number of carbonyl (C=O) groups is 1. The minimum Gasteiger partial charge on any atom is -0.492 e. The van der Waals surface area contributed by atoms with Crippen LogP contribution in [-0.2, 0) is 0 Å². The van der Waals surface area contributed by atoms with E-state index in [1.54, 1.807) is 10.7 Å². The molecule has 2 aliphatic rings. The Kier molecular flexibility index (Phi) is 6.02. The SMILES string of the molecule is CCOc1cc(-c2ccc(N3CC[C@H](NC(=O)c4c(F)cccc4F)C4NC=CC43)nc2)c2c3cn[nH]c3nn2c1. The summed E-state index contributed by atoms with van der Waals surface area (Å²) in [5.41, 5.74) is 2.83. The van der Waals surface area contributed by atoms with Crippen molar-refractivity contribution in [3.8, 4) is 16.9 Å². The number of piperidine rings is 1. The Morgan fingerprint density at radius 3 is 2.83 bits per heavy atom. The third-order valence-corrected chi connectivity index (χ3v) is 7.70. The van der Waals surface area contributed by atoms with Crippen LogP contribution < -0.4 is 20.3 Å². The number of amides is 1. The number of hydrogen-bond donors (Lipinski definition) is 3. The third-order valence-electron chi connectivity index (χ3n) is 7.70. The Morgan fingerprint density at radius 1 is 1.20 bits per heavy atom. The maximum Gasteiger partial charge on any atom is 0.257 e. The molecule has 3 N–H and O–H groups in total. The minimum atomic E-state index is -0.883. The Morgan fingerprint density at radius 2 is 2.05 bits per heavy atom. The number of hydrogen-bond acceptors (Lipinski definition) is 7. The number of fused-ring (bicyclic) bond motifs is 4. The first-order chi connectivity index (χ1) is 20.0. The van der Waals surface area contributed by atoms with E-state index in [9.17, 15) is 13.6 Å². The van der Waals surface area contributed by atoms with Gasteiger partial charge in [0.1, 0.15) is 28.8 Å². The molecule has 0 aliphatic carbocycles. The second-order valence-electron chi connectivity index (χ2n) is 10.1. The molecule has 2 unspecified atom stereocenters. The van der Waals surface area contributed by atoms with Crippen molar-refractivity contribution in [2.45, 2.75) is 31.5 Å². The highest BCUT2D eigenvalue weighted by Crippen LogP contribution is 2.34. The molecule has 5 aromatic rings. The number of pyridine rings is 2. The van der Waals surface area contributed by atoms with Gasteiger partial charge in [-0.05, 0) is 56.0 Å². The fraction of sp³-hybridized carbons (Fsp3) is 0.241. The maximum absolute atomic E-state index is 14.2. The molecule has 1 amide bonds. The van der Waals surface area contributed by atoms with E-state index in [0.717, 1.165) is 40.0 Å². The summed E-state index contributed by atoms with van der Waals surface area (Å²) in [5.74, 6) is -1.05. The first kappa shape index (κ1) is 25.0. The number of anilines is 1. The number of benzene rings is 1. The Bertz CT molecular complexity index is 1780. The molecular weight excluding hydrogens is 530 g/mol. The number of H-pyrrole nitrogens is 1. The van der Waals surface area contributed by atoms with Crippen molar-refractivity contribution in [2.75, 3.05) is 18.1 Å². The molecule has 1 saturated heterocycles. The van der Waals surface area contributed by atoms with Gasteiger partial charge in [0.2, 0.25) is 0 Å². The molecule has 0 radical (unpaired) electrons. The lowest BCUT2D eigenvalue weighted by atomic mass is 9.92. The van der Waals surface area contributed by atoms with Crippen LogP contribution in [0.25, 0.3) is 27.7 Å². The average molecular weight is 557 g/mol. The van der Waals surface area contributed by atoms with Gasteiger partial charge in [0.05, 0.1) is 48.0 Å². The molecule has 7 rings (SSSR count). The van der Waals surface area contributed by atoms with Gasteiger partial charge in [-0.2, -0.15) is 5.10 Å². The molecule has 3 atom stereocenters. The van der Waals surface area contributed by atoms with Gasteiger partial charge in [0, 0.05) is 23.9 Å². The van der Waals surface area contributed by atoms with Crippen LogP contribution in [0.5, 0.6) is 5.75 Å². The largest absolute Gasteiger partial charge is 0.492 e. The van der Waals surface area contributed by atoms with Gasteiger partial charge in [0.25, 0.3) is 5.91 Å². The van der Waals surface area contributed by atoms with Crippen LogP contribution in [0.2, 0.25) is 0 Å². The number of nitrogens with one attached hydrogen (secondary N) is 3. The van der Waals surface area contributed by atoms with Crippen molar-refractivity contribution in [1.82, 2.24) is 35.4 Å². The summed E-state index contributed by atoms with van der Waals surface area (Å²) in [5, 5.41) is 18.7. The van der Waals surface area contributed by atoms with Gasteiger partial charge in [-0.15, -0.1) is 5.10 Å². The van der Waals surface area contributed by atoms with Gasteiger partial charge in [-0.25, -0.2) is 18.3 Å². The topological polar surface area (TPSA) is 112 Å². The zero-order valence-electron chi connectivity index (χ0n) is 22.0. The highest BCUT2D eigenvalue weighted by atomic mass is 19.1. The van der Waals surface area contributed by atoms with Crippen molar-refractivity contribution in [2.24, 2.45) is 0 Å². The van der Waals surface area contributed by atoms with E-state index in [4.69, 9.17) is 9.72 Å². The summed E-state index contributed by atoms with van der Waals surface area (Å²) >= 11 is 0. The zero-order chi connectivity index (χ0) is 28.1. The van der Waals surface area contributed by atoms with Gasteiger partial charge >= 0.3 is 0 Å². The lowest BCUT2D eigenvalue weighted by Crippen LogP contribution is -2.61. The number of aromatic nitrogens is 5. The summed E-state index contributed by atoms with van der Waals surface area (Å²) in [4.78, 5) is 19.8. The van der Waals surface area contributed by atoms with Gasteiger partial charge < -0.3 is 20.3 Å². The number of halogens is 2. The first-order valence-corrected chi connectivity index (χ1v) is 13.4. The van der Waals surface area contributed by atoms with Crippen LogP contribution in [0.1, 0.15) is 23.7 Å². The van der Waals surface area contributed by atoms with Crippen molar-refractivity contribution >= 4 is 28.3 Å². The molecule has 208 valence electrons. The standard InChI is InChI=1S/C29H26F2N8O2/c1-2-41-17-12-18(27-19-14-34-36-28(19)37-39(27)15-17)16-6-7-24(33-13-16)38-11-9-22(26-23(38)8-10-32-26)35-29(40)25-20(30)4-3-5-21(25)31/h3-8,10,12-15,22-23,26,32H,2,9,11H2,1H3,(H,35,40)(H,36,37)/t22-,23?,26?/m0/s1. The molecule has 1 fully saturated rings. The molecule has 4 aromatic heterocycles. The summed E-state index contributed by atoms with van der Waals surface area (Å²) in [7, 11) is 0. The predicted molar refractivity (Wildman–Crippen MR) is 149 cm³/mol. The monoisotopic (exact) mass is 556 g/mol. The molecular formula is C29H26F2N8O2. The predicted octanol–water partition coefficient (Wildman–Crippen LogP) is 3.81. The van der Waals surface area contributed by atoms with E-state index in [1.807, 2.05) is 49.8 Å². The van der Waals surface area contributed by atoms with Crippen LogP contribution in [0.15, 0.2) is 67.3 Å². The average Bonchev–Trinajstić information content (AvgIpc) is 3.70. The van der Waals surface area contributed by atoms with Crippen LogP contribution >= 0.6 is 0 Å². The summed E-state index contributed by atoms with van der Waals surface area (Å²) in [6, 6.07) is 8.75. The Labute approximate surface area is 233 Å². The van der Waals surface area contributed by atoms with Crippen LogP contribution in [-0.4, -0.2) is 62.0 Å². The van der Waals surface area contributed by atoms with Gasteiger partial charge in [-0.1, -0.05) is 6.07 Å². The van der Waals surface area contributed by atoms with Crippen molar-refractivity contribution in [1.29, 1.82) is 0 Å². The number of aromatic amines is 1. The normalized spacial score (nSPS) is 19.9. The number of rotatable bonds is 6. The van der Waals surface area contributed by atoms with Crippen molar-refractivity contribution in [3.05, 3.63) is 84.5 Å². The van der Waals surface area contributed by atoms with Crippen LogP contribution in [0.4, 0.5) is 14.6 Å². The summed E-state index contributed by atoms with van der Waals surface area (Å²) in [6.45, 7) is 3.05. The number of ether oxygens (including phenoxy) is 1.